The number of nitrogens with zero attached hydrogens (tertiary/aromatic N) is 3. The molecule has 0 radical (unpaired) electrons. The highest BCUT2D eigenvalue weighted by Crippen LogP contribution is 2.17. The van der Waals surface area contributed by atoms with Crippen molar-refractivity contribution in [2.45, 2.75) is 13.3 Å². The topological polar surface area (TPSA) is 87.2 Å². The molecular formula is C10H15N5O2S. The molecule has 2 amide bonds. The minimum Gasteiger partial charge on any atom is -0.360 e. The fraction of sp³-hybridized carbons (Fsp3) is 0.600. The quantitative estimate of drug-likeness (QED) is 0.802. The number of hydrogen-bond acceptors (Lipinski definition) is 6. The third-order valence-electron chi connectivity index (χ3n) is 2.54. The van der Waals surface area contributed by atoms with Crippen molar-refractivity contribution in [3.63, 3.8) is 0 Å². The molecule has 2 heterocycles. The van der Waals surface area contributed by atoms with E-state index in [1.165, 1.54) is 11.3 Å². The monoisotopic (exact) mass is 269 g/mol. The zero-order valence-electron chi connectivity index (χ0n) is 10.1. The molecule has 1 aromatic rings. The lowest BCUT2D eigenvalue weighted by molar-refractivity contribution is -0.120. The van der Waals surface area contributed by atoms with Crippen LogP contribution in [0.1, 0.15) is 23.1 Å². The second-order valence-electron chi connectivity index (χ2n) is 3.83. The van der Waals surface area contributed by atoms with Gasteiger partial charge in [0.15, 0.2) is 0 Å². The highest BCUT2D eigenvalue weighted by Gasteiger charge is 2.22. The van der Waals surface area contributed by atoms with Crippen molar-refractivity contribution in [1.82, 2.24) is 20.4 Å². The Bertz CT molecular complexity index is 447. The Labute approximate surface area is 109 Å². The van der Waals surface area contributed by atoms with Crippen molar-refractivity contribution in [1.29, 1.82) is 0 Å². The summed E-state index contributed by atoms with van der Waals surface area (Å²) in [6.45, 7) is 4.13. The fourth-order valence-corrected chi connectivity index (χ4v) is 2.42. The molecule has 1 aliphatic rings. The molecule has 0 spiro atoms. The van der Waals surface area contributed by atoms with Gasteiger partial charge in [-0.2, -0.15) is 0 Å². The predicted octanol–water partition coefficient (Wildman–Crippen LogP) is -0.0680. The van der Waals surface area contributed by atoms with Gasteiger partial charge in [0.1, 0.15) is 0 Å². The highest BCUT2D eigenvalue weighted by molar-refractivity contribution is 7.17. The lowest BCUT2D eigenvalue weighted by Crippen LogP contribution is -2.34. The van der Waals surface area contributed by atoms with Crippen molar-refractivity contribution in [2.75, 3.05) is 31.5 Å². The van der Waals surface area contributed by atoms with Gasteiger partial charge >= 0.3 is 0 Å². The van der Waals surface area contributed by atoms with Gasteiger partial charge < -0.3 is 15.5 Å². The smallest absolute Gasteiger partial charge is 0.284 e. The van der Waals surface area contributed by atoms with Gasteiger partial charge in [0.2, 0.25) is 16.0 Å². The molecule has 18 heavy (non-hydrogen) atoms. The molecule has 7 nitrogen and oxygen atoms in total. The number of anilines is 1. The van der Waals surface area contributed by atoms with Crippen LogP contribution in [0.3, 0.4) is 0 Å². The van der Waals surface area contributed by atoms with E-state index in [1.54, 1.807) is 4.90 Å². The number of carbonyl (C=O) groups is 2. The first-order chi connectivity index (χ1) is 8.70. The Morgan fingerprint density at radius 1 is 1.50 bits per heavy atom. The van der Waals surface area contributed by atoms with Gasteiger partial charge in [-0.15, -0.1) is 10.2 Å². The third-order valence-corrected chi connectivity index (χ3v) is 3.40. The van der Waals surface area contributed by atoms with Gasteiger partial charge in [0, 0.05) is 32.6 Å². The van der Waals surface area contributed by atoms with Gasteiger partial charge in [0.25, 0.3) is 5.91 Å². The minimum atomic E-state index is -0.159. The minimum absolute atomic E-state index is 0.0177. The van der Waals surface area contributed by atoms with Crippen molar-refractivity contribution in [3.05, 3.63) is 5.01 Å². The molecule has 1 aliphatic heterocycles. The molecule has 0 aliphatic carbocycles. The van der Waals surface area contributed by atoms with Crippen LogP contribution in [0.25, 0.3) is 0 Å². The van der Waals surface area contributed by atoms with E-state index >= 15 is 0 Å². The molecule has 0 saturated carbocycles. The molecule has 0 atom stereocenters. The molecule has 0 bridgehead atoms. The first-order valence-corrected chi connectivity index (χ1v) is 6.65. The van der Waals surface area contributed by atoms with Crippen LogP contribution in [-0.4, -0.2) is 53.1 Å². The Morgan fingerprint density at radius 3 is 3.11 bits per heavy atom. The van der Waals surface area contributed by atoms with Gasteiger partial charge in [-0.1, -0.05) is 11.3 Å². The molecular weight excluding hydrogens is 254 g/mol. The van der Waals surface area contributed by atoms with Gasteiger partial charge in [0.05, 0.1) is 0 Å². The standard InChI is InChI=1S/C10H15N5O2S/c1-2-11-10-14-13-8(18-10)9(17)15-5-3-7(16)12-4-6-15/h2-6H2,1H3,(H,11,14)(H,12,16). The van der Waals surface area contributed by atoms with Crippen LogP contribution < -0.4 is 10.6 Å². The van der Waals surface area contributed by atoms with Gasteiger partial charge in [-0.25, -0.2) is 0 Å². The predicted molar refractivity (Wildman–Crippen MR) is 67.6 cm³/mol. The van der Waals surface area contributed by atoms with Crippen molar-refractivity contribution < 1.29 is 9.59 Å². The number of carbonyl (C=O) groups excluding carboxylic acids is 2. The lowest BCUT2D eigenvalue weighted by Gasteiger charge is -2.17. The molecule has 0 unspecified atom stereocenters. The number of rotatable bonds is 3. The maximum atomic E-state index is 12.1. The summed E-state index contributed by atoms with van der Waals surface area (Å²) in [5.41, 5.74) is 0. The van der Waals surface area contributed by atoms with E-state index in [-0.39, 0.29) is 11.8 Å². The largest absolute Gasteiger partial charge is 0.360 e. The molecule has 8 heteroatoms. The Balaban J connectivity index is 2.02. The lowest BCUT2D eigenvalue weighted by atomic mass is 10.4. The summed E-state index contributed by atoms with van der Waals surface area (Å²) in [6.07, 6.45) is 0.338. The first kappa shape index (κ1) is 12.7. The number of amides is 2. The summed E-state index contributed by atoms with van der Waals surface area (Å²) in [7, 11) is 0. The number of aromatic nitrogens is 2. The van der Waals surface area contributed by atoms with E-state index in [0.717, 1.165) is 6.54 Å². The number of hydrogen-bond donors (Lipinski definition) is 2. The maximum Gasteiger partial charge on any atom is 0.284 e. The van der Waals surface area contributed by atoms with Crippen molar-refractivity contribution >= 4 is 28.3 Å². The van der Waals surface area contributed by atoms with Crippen LogP contribution in [0.2, 0.25) is 0 Å². The zero-order valence-corrected chi connectivity index (χ0v) is 10.9. The Hall–Kier alpha value is -1.70. The van der Waals surface area contributed by atoms with Crippen LogP contribution in [0, 0.1) is 0 Å². The summed E-state index contributed by atoms with van der Waals surface area (Å²) in [4.78, 5) is 25.0. The normalized spacial score (nSPS) is 16.1. The summed E-state index contributed by atoms with van der Waals surface area (Å²) in [6, 6.07) is 0. The first-order valence-electron chi connectivity index (χ1n) is 5.84. The molecule has 2 rings (SSSR count). The molecule has 98 valence electrons. The molecule has 1 fully saturated rings. The van der Waals surface area contributed by atoms with E-state index in [1.807, 2.05) is 6.92 Å². The van der Waals surface area contributed by atoms with E-state index in [4.69, 9.17) is 0 Å². The second kappa shape index (κ2) is 5.76. The average molecular weight is 269 g/mol. The molecule has 1 aromatic heterocycles. The van der Waals surface area contributed by atoms with E-state index in [9.17, 15) is 9.59 Å². The summed E-state index contributed by atoms with van der Waals surface area (Å²) < 4.78 is 0. The highest BCUT2D eigenvalue weighted by atomic mass is 32.1. The number of nitrogens with one attached hydrogen (secondary N) is 2. The molecule has 1 saturated heterocycles. The summed E-state index contributed by atoms with van der Waals surface area (Å²) in [5, 5.41) is 14.5. The second-order valence-corrected chi connectivity index (χ2v) is 4.81. The van der Waals surface area contributed by atoms with Gasteiger partial charge in [-0.05, 0) is 6.92 Å². The Morgan fingerprint density at radius 2 is 2.33 bits per heavy atom. The zero-order chi connectivity index (χ0) is 13.0. The van der Waals surface area contributed by atoms with E-state index < -0.39 is 0 Å². The SMILES string of the molecule is CCNc1nnc(C(=O)N2CCNC(=O)CC2)s1. The molecule has 2 N–H and O–H groups in total. The van der Waals surface area contributed by atoms with E-state index in [2.05, 4.69) is 20.8 Å². The van der Waals surface area contributed by atoms with Gasteiger partial charge in [-0.3, -0.25) is 9.59 Å². The van der Waals surface area contributed by atoms with Crippen LogP contribution >= 0.6 is 11.3 Å². The fourth-order valence-electron chi connectivity index (χ4n) is 1.64. The van der Waals surface area contributed by atoms with E-state index in [0.29, 0.717) is 36.2 Å². The Kier molecular flexibility index (Phi) is 4.08. The third kappa shape index (κ3) is 2.95. The summed E-state index contributed by atoms with van der Waals surface area (Å²) in [5.74, 6) is -0.177. The summed E-state index contributed by atoms with van der Waals surface area (Å²) >= 11 is 1.24. The van der Waals surface area contributed by atoms with Crippen molar-refractivity contribution in [3.8, 4) is 0 Å². The average Bonchev–Trinajstić information content (AvgIpc) is 2.71. The van der Waals surface area contributed by atoms with Crippen LogP contribution in [0.15, 0.2) is 0 Å². The van der Waals surface area contributed by atoms with Crippen LogP contribution in [0.5, 0.6) is 0 Å². The maximum absolute atomic E-state index is 12.1. The van der Waals surface area contributed by atoms with Crippen molar-refractivity contribution in [2.24, 2.45) is 0 Å². The van der Waals surface area contributed by atoms with Crippen LogP contribution in [-0.2, 0) is 4.79 Å². The van der Waals surface area contributed by atoms with Crippen LogP contribution in [0.4, 0.5) is 5.13 Å². The molecule has 0 aromatic carbocycles.